The number of carbonyl (C=O) groups excluding carboxylic acids is 2. The van der Waals surface area contributed by atoms with Crippen LogP contribution >= 0.6 is 0 Å². The van der Waals surface area contributed by atoms with Crippen LogP contribution in [0.1, 0.15) is 60.5 Å². The molecule has 6 heteroatoms. The maximum absolute atomic E-state index is 13.0. The zero-order chi connectivity index (χ0) is 22.4. The monoisotopic (exact) mass is 404 g/mol. The number of carbonyl (C=O) groups is 2. The SMILES string of the molecule is CC(C)CN(Cc1cc(NC(=O)NC(C)C)ccc1N(C)C)C(=O)CC(C)(C)C. The molecule has 0 bridgehead atoms. The van der Waals surface area contributed by atoms with Crippen molar-refractivity contribution >= 4 is 23.3 Å². The molecular formula is C23H40N4O2. The molecule has 0 spiro atoms. The highest BCUT2D eigenvalue weighted by atomic mass is 16.2. The highest BCUT2D eigenvalue weighted by Gasteiger charge is 2.23. The van der Waals surface area contributed by atoms with E-state index in [1.165, 1.54) is 0 Å². The van der Waals surface area contributed by atoms with Crippen molar-refractivity contribution in [2.45, 2.75) is 67.5 Å². The number of rotatable bonds is 8. The number of hydrogen-bond acceptors (Lipinski definition) is 3. The molecule has 0 aliphatic heterocycles. The standard InChI is InChI=1S/C23H40N4O2/c1-16(2)14-27(21(28)13-23(5,6)7)15-18-12-19(10-11-20(18)26(8)9)25-22(29)24-17(3)4/h10-12,16-17H,13-15H2,1-9H3,(H2,24,25,29). The predicted octanol–water partition coefficient (Wildman–Crippen LogP) is 4.70. The van der Waals surface area contributed by atoms with Crippen LogP contribution in [-0.4, -0.2) is 43.5 Å². The second-order valence-corrected chi connectivity index (χ2v) is 9.90. The van der Waals surface area contributed by atoms with E-state index in [0.717, 1.165) is 16.9 Å². The first-order valence-electron chi connectivity index (χ1n) is 10.4. The molecule has 164 valence electrons. The summed E-state index contributed by atoms with van der Waals surface area (Å²) in [5.41, 5.74) is 2.71. The van der Waals surface area contributed by atoms with Gasteiger partial charge in [0.15, 0.2) is 0 Å². The van der Waals surface area contributed by atoms with Crippen molar-refractivity contribution < 1.29 is 9.59 Å². The van der Waals surface area contributed by atoms with Gasteiger partial charge in [0.25, 0.3) is 0 Å². The summed E-state index contributed by atoms with van der Waals surface area (Å²) in [6, 6.07) is 5.68. The van der Waals surface area contributed by atoms with Gasteiger partial charge in [0.05, 0.1) is 0 Å². The molecule has 0 aliphatic rings. The third-order valence-electron chi connectivity index (χ3n) is 4.22. The third-order valence-corrected chi connectivity index (χ3v) is 4.22. The number of benzene rings is 1. The molecule has 1 rings (SSSR count). The second kappa shape index (κ2) is 10.5. The van der Waals surface area contributed by atoms with Gasteiger partial charge in [-0.15, -0.1) is 0 Å². The van der Waals surface area contributed by atoms with Gasteiger partial charge < -0.3 is 20.4 Å². The van der Waals surface area contributed by atoms with Crippen LogP contribution in [0.25, 0.3) is 0 Å². The van der Waals surface area contributed by atoms with Gasteiger partial charge in [-0.05, 0) is 48.9 Å². The van der Waals surface area contributed by atoms with Gasteiger partial charge in [-0.1, -0.05) is 34.6 Å². The minimum Gasteiger partial charge on any atom is -0.377 e. The van der Waals surface area contributed by atoms with Crippen LogP contribution < -0.4 is 15.5 Å². The molecule has 0 saturated heterocycles. The summed E-state index contributed by atoms with van der Waals surface area (Å²) in [6.45, 7) is 15.6. The van der Waals surface area contributed by atoms with Gasteiger partial charge in [0.2, 0.25) is 5.91 Å². The van der Waals surface area contributed by atoms with Gasteiger partial charge in [0.1, 0.15) is 0 Å². The average Bonchev–Trinajstić information content (AvgIpc) is 2.51. The normalized spacial score (nSPS) is 11.6. The van der Waals surface area contributed by atoms with Gasteiger partial charge in [0, 0.05) is 51.0 Å². The number of amides is 3. The zero-order valence-corrected chi connectivity index (χ0v) is 19.7. The summed E-state index contributed by atoms with van der Waals surface area (Å²) in [4.78, 5) is 29.1. The first-order chi connectivity index (χ1) is 13.3. The molecule has 0 heterocycles. The average molecular weight is 405 g/mol. The van der Waals surface area contributed by atoms with Crippen molar-refractivity contribution in [3.63, 3.8) is 0 Å². The van der Waals surface area contributed by atoms with E-state index in [-0.39, 0.29) is 23.4 Å². The summed E-state index contributed by atoms with van der Waals surface area (Å²) in [7, 11) is 3.97. The predicted molar refractivity (Wildman–Crippen MR) is 122 cm³/mol. The van der Waals surface area contributed by atoms with Crippen LogP contribution in [0, 0.1) is 11.3 Å². The second-order valence-electron chi connectivity index (χ2n) is 9.90. The van der Waals surface area contributed by atoms with Gasteiger partial charge in [-0.25, -0.2) is 4.79 Å². The maximum atomic E-state index is 13.0. The van der Waals surface area contributed by atoms with Crippen molar-refractivity contribution in [2.24, 2.45) is 11.3 Å². The van der Waals surface area contributed by atoms with Gasteiger partial charge in [-0.3, -0.25) is 4.79 Å². The summed E-state index contributed by atoms with van der Waals surface area (Å²) in [5.74, 6) is 0.534. The molecule has 0 aromatic heterocycles. The van der Waals surface area contributed by atoms with E-state index in [4.69, 9.17) is 0 Å². The fourth-order valence-corrected chi connectivity index (χ4v) is 3.12. The molecule has 0 saturated carbocycles. The van der Waals surface area contributed by atoms with Gasteiger partial charge in [-0.2, -0.15) is 0 Å². The zero-order valence-electron chi connectivity index (χ0n) is 19.7. The molecule has 1 aromatic carbocycles. The Bertz CT molecular complexity index is 691. The van der Waals surface area contributed by atoms with Crippen LogP contribution in [0.5, 0.6) is 0 Å². The smallest absolute Gasteiger partial charge is 0.319 e. The quantitative estimate of drug-likeness (QED) is 0.660. The first-order valence-corrected chi connectivity index (χ1v) is 10.4. The fraction of sp³-hybridized carbons (Fsp3) is 0.652. The van der Waals surface area contributed by atoms with Crippen molar-refractivity contribution in [3.05, 3.63) is 23.8 Å². The van der Waals surface area contributed by atoms with E-state index < -0.39 is 0 Å². The van der Waals surface area contributed by atoms with E-state index >= 15 is 0 Å². The lowest BCUT2D eigenvalue weighted by molar-refractivity contribution is -0.134. The lowest BCUT2D eigenvalue weighted by Gasteiger charge is -2.30. The Hall–Kier alpha value is -2.24. The van der Waals surface area contributed by atoms with Crippen molar-refractivity contribution in [2.75, 3.05) is 30.9 Å². The Morgan fingerprint density at radius 3 is 2.17 bits per heavy atom. The third kappa shape index (κ3) is 9.20. The Balaban J connectivity index is 3.16. The minimum absolute atomic E-state index is 0.0605. The van der Waals surface area contributed by atoms with E-state index in [1.807, 2.05) is 55.9 Å². The van der Waals surface area contributed by atoms with Crippen LogP contribution in [0.2, 0.25) is 0 Å². The molecule has 0 atom stereocenters. The molecule has 0 fully saturated rings. The molecule has 0 radical (unpaired) electrons. The first kappa shape index (κ1) is 24.8. The highest BCUT2D eigenvalue weighted by Crippen LogP contribution is 2.27. The van der Waals surface area contributed by atoms with Crippen LogP contribution in [0.15, 0.2) is 18.2 Å². The Morgan fingerprint density at radius 1 is 1.07 bits per heavy atom. The van der Waals surface area contributed by atoms with E-state index in [1.54, 1.807) is 0 Å². The number of hydrogen-bond donors (Lipinski definition) is 2. The number of anilines is 2. The van der Waals surface area contributed by atoms with Crippen LogP contribution in [0.4, 0.5) is 16.2 Å². The maximum Gasteiger partial charge on any atom is 0.319 e. The number of nitrogens with one attached hydrogen (secondary N) is 2. The molecule has 1 aromatic rings. The Kier molecular flexibility index (Phi) is 8.99. The van der Waals surface area contributed by atoms with E-state index in [9.17, 15) is 9.59 Å². The molecule has 29 heavy (non-hydrogen) atoms. The topological polar surface area (TPSA) is 64.7 Å². The fourth-order valence-electron chi connectivity index (χ4n) is 3.12. The molecule has 2 N–H and O–H groups in total. The Labute approximate surface area is 177 Å². The van der Waals surface area contributed by atoms with Gasteiger partial charge >= 0.3 is 6.03 Å². The number of nitrogens with zero attached hydrogens (tertiary/aromatic N) is 2. The van der Waals surface area contributed by atoms with Crippen molar-refractivity contribution in [3.8, 4) is 0 Å². The van der Waals surface area contributed by atoms with E-state index in [2.05, 4.69) is 45.3 Å². The molecule has 0 unspecified atom stereocenters. The van der Waals surface area contributed by atoms with Crippen molar-refractivity contribution in [1.82, 2.24) is 10.2 Å². The summed E-state index contributed by atoms with van der Waals surface area (Å²) in [5, 5.41) is 5.72. The number of urea groups is 1. The van der Waals surface area contributed by atoms with E-state index in [0.29, 0.717) is 25.4 Å². The Morgan fingerprint density at radius 2 is 1.69 bits per heavy atom. The van der Waals surface area contributed by atoms with Crippen LogP contribution in [0.3, 0.4) is 0 Å². The summed E-state index contributed by atoms with van der Waals surface area (Å²) in [6.07, 6.45) is 0.506. The molecule has 6 nitrogen and oxygen atoms in total. The summed E-state index contributed by atoms with van der Waals surface area (Å²) < 4.78 is 0. The minimum atomic E-state index is -0.230. The summed E-state index contributed by atoms with van der Waals surface area (Å²) >= 11 is 0. The lowest BCUT2D eigenvalue weighted by atomic mass is 9.91. The van der Waals surface area contributed by atoms with Crippen LogP contribution in [-0.2, 0) is 11.3 Å². The largest absolute Gasteiger partial charge is 0.377 e. The highest BCUT2D eigenvalue weighted by molar-refractivity contribution is 5.90. The van der Waals surface area contributed by atoms with Crippen molar-refractivity contribution in [1.29, 1.82) is 0 Å². The molecular weight excluding hydrogens is 364 g/mol. The molecule has 0 aliphatic carbocycles. The molecule has 3 amide bonds. The lowest BCUT2D eigenvalue weighted by Crippen LogP contribution is -2.36.